The number of benzene rings is 1. The maximum atomic E-state index is 13.8. The number of hydrogen-bond acceptors (Lipinski definition) is 5. The molecule has 28 heavy (non-hydrogen) atoms. The van der Waals surface area contributed by atoms with Crippen LogP contribution in [0.1, 0.15) is 38.7 Å². The number of aromatic nitrogens is 2. The van der Waals surface area contributed by atoms with E-state index in [0.29, 0.717) is 11.5 Å². The number of carbonyl (C=O) groups is 1. The molecule has 1 aromatic carbocycles. The molecule has 7 nitrogen and oxygen atoms in total. The van der Waals surface area contributed by atoms with Crippen molar-refractivity contribution in [2.24, 2.45) is 12.1 Å². The Morgan fingerprint density at radius 2 is 2.07 bits per heavy atom. The van der Waals surface area contributed by atoms with Crippen LogP contribution in [0, 0.1) is 26.7 Å². The summed E-state index contributed by atoms with van der Waals surface area (Å²) in [6.45, 7) is 5.89. The molecular formula is C20H21FN4O3. The molecule has 2 aromatic heterocycles. The van der Waals surface area contributed by atoms with E-state index in [1.54, 1.807) is 13.0 Å². The van der Waals surface area contributed by atoms with Crippen molar-refractivity contribution < 1.29 is 18.3 Å². The molecule has 0 saturated heterocycles. The van der Waals surface area contributed by atoms with Gasteiger partial charge in [0.1, 0.15) is 18.1 Å². The van der Waals surface area contributed by atoms with Crippen molar-refractivity contribution in [3.05, 3.63) is 70.2 Å². The highest BCUT2D eigenvalue weighted by Gasteiger charge is 2.13. The van der Waals surface area contributed by atoms with Crippen molar-refractivity contribution in [2.75, 3.05) is 0 Å². The molecule has 0 atom stereocenters. The van der Waals surface area contributed by atoms with Gasteiger partial charge in [-0.3, -0.25) is 4.79 Å². The maximum absolute atomic E-state index is 13.8. The number of hydrogen-bond donors (Lipinski definition) is 1. The van der Waals surface area contributed by atoms with E-state index in [1.165, 1.54) is 24.9 Å². The van der Waals surface area contributed by atoms with E-state index in [9.17, 15) is 9.18 Å². The maximum Gasteiger partial charge on any atom is 0.307 e. The number of carbonyl (C=O) groups excluding carboxylic acids is 1. The summed E-state index contributed by atoms with van der Waals surface area (Å²) in [7, 11) is 1.49. The summed E-state index contributed by atoms with van der Waals surface area (Å²) in [5.41, 5.74) is 5.31. The van der Waals surface area contributed by atoms with Gasteiger partial charge in [-0.15, -0.1) is 0 Å². The topological polar surface area (TPSA) is 81.6 Å². The van der Waals surface area contributed by atoms with Crippen LogP contribution in [0.4, 0.5) is 4.39 Å². The van der Waals surface area contributed by atoms with Crippen LogP contribution in [-0.4, -0.2) is 21.9 Å². The third-order valence-corrected chi connectivity index (χ3v) is 4.30. The smallest absolute Gasteiger partial charge is 0.307 e. The van der Waals surface area contributed by atoms with Crippen LogP contribution in [0.3, 0.4) is 0 Å². The number of hydrazone groups is 1. The van der Waals surface area contributed by atoms with Gasteiger partial charge in [-0.05, 0) is 56.2 Å². The number of furan rings is 1. The molecule has 1 amide bonds. The zero-order valence-electron chi connectivity index (χ0n) is 16.1. The van der Waals surface area contributed by atoms with Gasteiger partial charge in [-0.2, -0.15) is 14.6 Å². The highest BCUT2D eigenvalue weighted by atomic mass is 19.1. The van der Waals surface area contributed by atoms with E-state index < -0.39 is 11.9 Å². The van der Waals surface area contributed by atoms with E-state index in [4.69, 9.17) is 9.15 Å². The van der Waals surface area contributed by atoms with E-state index in [0.717, 1.165) is 16.0 Å². The minimum Gasteiger partial charge on any atom is -0.486 e. The highest BCUT2D eigenvalue weighted by molar-refractivity contribution is 5.92. The average Bonchev–Trinajstić information content (AvgIpc) is 3.22. The molecule has 0 spiro atoms. The molecule has 2 heterocycles. The van der Waals surface area contributed by atoms with Gasteiger partial charge in [0, 0.05) is 7.05 Å². The lowest BCUT2D eigenvalue weighted by atomic mass is 10.1. The molecule has 8 heteroatoms. The van der Waals surface area contributed by atoms with Crippen LogP contribution in [0.25, 0.3) is 0 Å². The number of ether oxygens (including phenoxy) is 1. The van der Waals surface area contributed by atoms with Crippen molar-refractivity contribution in [2.45, 2.75) is 27.4 Å². The molecule has 0 radical (unpaired) electrons. The molecule has 3 aromatic rings. The number of nitrogens with one attached hydrogen (secondary N) is 1. The summed E-state index contributed by atoms with van der Waals surface area (Å²) in [6, 6.07) is 8.99. The van der Waals surface area contributed by atoms with Crippen LogP contribution >= 0.6 is 0 Å². The molecule has 0 aliphatic carbocycles. The predicted molar refractivity (Wildman–Crippen MR) is 102 cm³/mol. The Morgan fingerprint density at radius 3 is 2.75 bits per heavy atom. The molecule has 146 valence electrons. The van der Waals surface area contributed by atoms with Gasteiger partial charge in [-0.25, -0.2) is 10.1 Å². The van der Waals surface area contributed by atoms with Crippen molar-refractivity contribution >= 4 is 12.1 Å². The second kappa shape index (κ2) is 8.08. The molecule has 0 aliphatic heterocycles. The van der Waals surface area contributed by atoms with Gasteiger partial charge in [0.15, 0.2) is 5.76 Å². The number of nitrogens with zero attached hydrogens (tertiary/aromatic N) is 3. The third kappa shape index (κ3) is 4.28. The quantitative estimate of drug-likeness (QED) is 0.522. The first-order valence-electron chi connectivity index (χ1n) is 8.66. The first-order chi connectivity index (χ1) is 13.3. The standard InChI is InChI=1S/C20H21FN4O3/c1-12-5-6-15(9-13(12)2)27-11-16-7-8-18(28-16)20(26)23-22-10-17-14(3)24-25(4)19(17)21/h5-10H,11H2,1-4H3,(H,23,26). The largest absolute Gasteiger partial charge is 0.486 e. The van der Waals surface area contributed by atoms with Crippen LogP contribution in [0.15, 0.2) is 39.9 Å². The first-order valence-corrected chi connectivity index (χ1v) is 8.66. The fourth-order valence-corrected chi connectivity index (χ4v) is 2.54. The van der Waals surface area contributed by atoms with E-state index in [1.807, 2.05) is 32.0 Å². The molecule has 0 unspecified atom stereocenters. The molecule has 0 bridgehead atoms. The Hall–Kier alpha value is -3.42. The van der Waals surface area contributed by atoms with Crippen LogP contribution < -0.4 is 10.2 Å². The fraction of sp³-hybridized carbons (Fsp3) is 0.250. The second-order valence-corrected chi connectivity index (χ2v) is 6.41. The predicted octanol–water partition coefficient (Wildman–Crippen LogP) is 3.42. The molecule has 0 fully saturated rings. The van der Waals surface area contributed by atoms with Crippen LogP contribution in [0.2, 0.25) is 0 Å². The van der Waals surface area contributed by atoms with Gasteiger partial charge < -0.3 is 9.15 Å². The van der Waals surface area contributed by atoms with E-state index >= 15 is 0 Å². The number of aryl methyl sites for hydroxylation is 4. The van der Waals surface area contributed by atoms with Crippen LogP contribution in [-0.2, 0) is 13.7 Å². The summed E-state index contributed by atoms with van der Waals surface area (Å²) in [6.07, 6.45) is 1.21. The zero-order valence-corrected chi connectivity index (χ0v) is 16.1. The third-order valence-electron chi connectivity index (χ3n) is 4.30. The SMILES string of the molecule is Cc1ccc(OCc2ccc(C(=O)NN=Cc3c(C)nn(C)c3F)o2)cc1C. The lowest BCUT2D eigenvalue weighted by Gasteiger charge is -2.06. The van der Waals surface area contributed by atoms with E-state index in [2.05, 4.69) is 15.6 Å². The summed E-state index contributed by atoms with van der Waals surface area (Å²) in [4.78, 5) is 12.1. The minimum absolute atomic E-state index is 0.0826. The van der Waals surface area contributed by atoms with Gasteiger partial charge in [0.05, 0.1) is 17.5 Å². The van der Waals surface area contributed by atoms with Crippen molar-refractivity contribution in [3.8, 4) is 5.75 Å². The average molecular weight is 384 g/mol. The van der Waals surface area contributed by atoms with Gasteiger partial charge in [0.25, 0.3) is 0 Å². The zero-order chi connectivity index (χ0) is 20.3. The fourth-order valence-electron chi connectivity index (χ4n) is 2.54. The van der Waals surface area contributed by atoms with Gasteiger partial charge in [0.2, 0.25) is 5.95 Å². The summed E-state index contributed by atoms with van der Waals surface area (Å²) in [5.74, 6) is 0.236. The molecule has 1 N–H and O–H groups in total. The Kier molecular flexibility index (Phi) is 5.58. The Morgan fingerprint density at radius 1 is 1.29 bits per heavy atom. The Balaban J connectivity index is 1.57. The Bertz CT molecular complexity index is 1040. The van der Waals surface area contributed by atoms with Gasteiger partial charge >= 0.3 is 5.91 Å². The van der Waals surface area contributed by atoms with Crippen LogP contribution in [0.5, 0.6) is 5.75 Å². The molecule has 3 rings (SSSR count). The number of halogens is 1. The normalized spacial score (nSPS) is 11.2. The van der Waals surface area contributed by atoms with Gasteiger partial charge in [-0.1, -0.05) is 6.07 Å². The second-order valence-electron chi connectivity index (χ2n) is 6.41. The molecule has 0 saturated carbocycles. The lowest BCUT2D eigenvalue weighted by Crippen LogP contribution is -2.17. The highest BCUT2D eigenvalue weighted by Crippen LogP contribution is 2.18. The number of amides is 1. The minimum atomic E-state index is -0.546. The van der Waals surface area contributed by atoms with Crippen molar-refractivity contribution in [1.82, 2.24) is 15.2 Å². The first kappa shape index (κ1) is 19.3. The number of rotatable bonds is 6. The molecular weight excluding hydrogens is 363 g/mol. The summed E-state index contributed by atoms with van der Waals surface area (Å²) >= 11 is 0. The van der Waals surface area contributed by atoms with E-state index in [-0.39, 0.29) is 17.9 Å². The monoisotopic (exact) mass is 384 g/mol. The summed E-state index contributed by atoms with van der Waals surface area (Å²) < 4.78 is 26.1. The summed E-state index contributed by atoms with van der Waals surface area (Å²) in [5, 5.41) is 7.70. The lowest BCUT2D eigenvalue weighted by molar-refractivity contribution is 0.0923. The Labute approximate surface area is 161 Å². The van der Waals surface area contributed by atoms with Crippen molar-refractivity contribution in [3.63, 3.8) is 0 Å². The molecule has 0 aliphatic rings. The van der Waals surface area contributed by atoms with Crippen molar-refractivity contribution in [1.29, 1.82) is 0 Å².